The maximum Gasteiger partial charge on any atom is 0.337 e. The van der Waals surface area contributed by atoms with E-state index < -0.39 is 23.8 Å². The Balaban J connectivity index is 2.17. The van der Waals surface area contributed by atoms with Crippen molar-refractivity contribution in [3.63, 3.8) is 0 Å². The fourth-order valence-corrected chi connectivity index (χ4v) is 4.53. The second-order valence-electron chi connectivity index (χ2n) is 8.98. The van der Waals surface area contributed by atoms with Crippen LogP contribution in [0.1, 0.15) is 45.6 Å². The van der Waals surface area contributed by atoms with Crippen molar-refractivity contribution >= 4 is 23.4 Å². The molecule has 32 heavy (non-hydrogen) atoms. The molecule has 1 aromatic carbocycles. The van der Waals surface area contributed by atoms with E-state index in [9.17, 15) is 14.4 Å². The maximum atomic E-state index is 13.6. The lowest BCUT2D eigenvalue weighted by Gasteiger charge is -2.38. The summed E-state index contributed by atoms with van der Waals surface area (Å²) < 4.78 is 10.5. The number of anilines is 1. The van der Waals surface area contributed by atoms with Crippen LogP contribution >= 0.6 is 0 Å². The normalized spacial score (nSPS) is 23.0. The first-order valence-electron chi connectivity index (χ1n) is 10.9. The molecule has 1 aliphatic heterocycles. The largest absolute Gasteiger partial charge is 0.468 e. The Morgan fingerprint density at radius 1 is 1.16 bits per heavy atom. The lowest BCUT2D eigenvalue weighted by molar-refractivity contribution is -0.151. The Bertz CT molecular complexity index is 988. The van der Waals surface area contributed by atoms with Crippen LogP contribution in [0.25, 0.3) is 0 Å². The number of carbonyl (C=O) groups excluding carboxylic acids is 3. The topological polar surface area (TPSA) is 84.9 Å². The number of allylic oxidation sites excluding steroid dienone is 3. The van der Waals surface area contributed by atoms with Crippen LogP contribution in [0.3, 0.4) is 0 Å². The molecular weight excluding hydrogens is 408 g/mol. The van der Waals surface area contributed by atoms with Gasteiger partial charge in [0.15, 0.2) is 5.78 Å². The average molecular weight is 441 g/mol. The molecule has 1 N–H and O–H groups in total. The molecule has 0 spiro atoms. The fourth-order valence-electron chi connectivity index (χ4n) is 4.53. The molecule has 172 valence electrons. The van der Waals surface area contributed by atoms with Gasteiger partial charge in [0.2, 0.25) is 0 Å². The van der Waals surface area contributed by atoms with Crippen molar-refractivity contribution in [2.45, 2.75) is 46.1 Å². The van der Waals surface area contributed by atoms with Crippen molar-refractivity contribution < 1.29 is 23.9 Å². The van der Waals surface area contributed by atoms with Gasteiger partial charge in [0.1, 0.15) is 5.92 Å². The van der Waals surface area contributed by atoms with E-state index >= 15 is 0 Å². The number of rotatable bonds is 5. The lowest BCUT2D eigenvalue weighted by atomic mass is 9.69. The summed E-state index contributed by atoms with van der Waals surface area (Å²) in [6, 6.07) is 7.74. The second-order valence-corrected chi connectivity index (χ2v) is 8.98. The molecule has 0 saturated carbocycles. The zero-order chi connectivity index (χ0) is 23.7. The third-order valence-electron chi connectivity index (χ3n) is 6.05. The summed E-state index contributed by atoms with van der Waals surface area (Å²) >= 11 is 0. The minimum Gasteiger partial charge on any atom is -0.468 e. The summed E-state index contributed by atoms with van der Waals surface area (Å²) in [5.74, 6) is -3.06. The molecule has 1 aromatic rings. The number of methoxy groups -OCH3 is 1. The molecule has 7 nitrogen and oxygen atoms in total. The lowest BCUT2D eigenvalue weighted by Crippen LogP contribution is -2.43. The van der Waals surface area contributed by atoms with Crippen LogP contribution in [-0.2, 0) is 23.9 Å². The molecule has 0 radical (unpaired) electrons. The maximum absolute atomic E-state index is 13.6. The molecular formula is C25H32N2O5. The van der Waals surface area contributed by atoms with Gasteiger partial charge in [0.05, 0.1) is 18.8 Å². The minimum absolute atomic E-state index is 0.213. The smallest absolute Gasteiger partial charge is 0.337 e. The monoisotopic (exact) mass is 440 g/mol. The molecule has 3 atom stereocenters. The van der Waals surface area contributed by atoms with Gasteiger partial charge in [0.25, 0.3) is 0 Å². The third kappa shape index (κ3) is 4.29. The van der Waals surface area contributed by atoms with Gasteiger partial charge in [-0.25, -0.2) is 4.79 Å². The van der Waals surface area contributed by atoms with E-state index in [0.29, 0.717) is 23.3 Å². The Kier molecular flexibility index (Phi) is 6.77. The van der Waals surface area contributed by atoms with Crippen molar-refractivity contribution in [1.82, 2.24) is 5.32 Å². The van der Waals surface area contributed by atoms with Crippen molar-refractivity contribution in [2.75, 3.05) is 26.1 Å². The summed E-state index contributed by atoms with van der Waals surface area (Å²) in [6.45, 7) is 7.27. The zero-order valence-corrected chi connectivity index (χ0v) is 19.8. The number of nitrogens with one attached hydrogen (secondary N) is 1. The first-order chi connectivity index (χ1) is 15.1. The summed E-state index contributed by atoms with van der Waals surface area (Å²) in [5.41, 5.74) is 4.04. The molecule has 0 fully saturated rings. The summed E-state index contributed by atoms with van der Waals surface area (Å²) in [4.78, 5) is 41.2. The number of carbonyl (C=O) groups is 3. The van der Waals surface area contributed by atoms with Gasteiger partial charge in [-0.1, -0.05) is 19.1 Å². The molecule has 0 amide bonds. The van der Waals surface area contributed by atoms with E-state index in [1.807, 2.05) is 57.1 Å². The number of hydrogen-bond acceptors (Lipinski definition) is 7. The molecule has 3 rings (SSSR count). The first kappa shape index (κ1) is 23.6. The van der Waals surface area contributed by atoms with Crippen molar-refractivity contribution in [2.24, 2.45) is 11.8 Å². The van der Waals surface area contributed by atoms with E-state index in [4.69, 9.17) is 9.47 Å². The standard InChI is InChI=1S/C25H32N2O5/c1-13(2)32-25(30)20-15(4)26-18-12-14(3)19(24(29)31-7)23(28)22(18)21(20)16-8-10-17(11-9-16)27(5)6/h8-11,13-14,19,21,26H,12H2,1-7H3/t14-,19+,21+/m1/s1. The van der Waals surface area contributed by atoms with Crippen LogP contribution in [0.4, 0.5) is 5.69 Å². The minimum atomic E-state index is -0.898. The Morgan fingerprint density at radius 3 is 2.31 bits per heavy atom. The van der Waals surface area contributed by atoms with Crippen LogP contribution in [0.15, 0.2) is 46.8 Å². The van der Waals surface area contributed by atoms with Gasteiger partial charge < -0.3 is 19.7 Å². The number of benzene rings is 1. The van der Waals surface area contributed by atoms with Gasteiger partial charge in [-0.15, -0.1) is 0 Å². The molecule has 0 saturated heterocycles. The quantitative estimate of drug-likeness (QED) is 0.555. The van der Waals surface area contributed by atoms with Crippen molar-refractivity contribution in [1.29, 1.82) is 0 Å². The molecule has 1 heterocycles. The van der Waals surface area contributed by atoms with Gasteiger partial charge in [-0.05, 0) is 50.8 Å². The van der Waals surface area contributed by atoms with Gasteiger partial charge in [-0.3, -0.25) is 9.59 Å². The molecule has 7 heteroatoms. The highest BCUT2D eigenvalue weighted by molar-refractivity contribution is 6.12. The van der Waals surface area contributed by atoms with Crippen molar-refractivity contribution in [3.8, 4) is 0 Å². The van der Waals surface area contributed by atoms with Crippen LogP contribution in [0, 0.1) is 11.8 Å². The Hall–Kier alpha value is -3.09. The van der Waals surface area contributed by atoms with E-state index in [-0.39, 0.29) is 17.8 Å². The van der Waals surface area contributed by atoms with Gasteiger partial charge >= 0.3 is 11.9 Å². The first-order valence-corrected chi connectivity index (χ1v) is 10.9. The summed E-state index contributed by atoms with van der Waals surface area (Å²) in [5, 5.41) is 3.27. The Morgan fingerprint density at radius 2 is 1.78 bits per heavy atom. The zero-order valence-electron chi connectivity index (χ0n) is 19.8. The predicted octanol–water partition coefficient (Wildman–Crippen LogP) is 3.32. The van der Waals surface area contributed by atoms with E-state index in [0.717, 1.165) is 16.9 Å². The number of nitrogens with zero attached hydrogens (tertiary/aromatic N) is 1. The van der Waals surface area contributed by atoms with Crippen LogP contribution < -0.4 is 10.2 Å². The SMILES string of the molecule is COC(=O)[C@@H]1C(=O)C2=C(C[C@H]1C)NC(C)=C(C(=O)OC(C)C)[C@@H]2c1ccc(N(C)C)cc1. The highest BCUT2D eigenvalue weighted by Gasteiger charge is 2.47. The molecule has 2 aliphatic rings. The molecule has 0 aromatic heterocycles. The fraction of sp³-hybridized carbons (Fsp3) is 0.480. The molecule has 0 unspecified atom stereocenters. The third-order valence-corrected chi connectivity index (χ3v) is 6.05. The van der Waals surface area contributed by atoms with Crippen LogP contribution in [0.5, 0.6) is 0 Å². The van der Waals surface area contributed by atoms with Crippen LogP contribution in [-0.4, -0.2) is 45.0 Å². The molecule has 0 bridgehead atoms. The second kappa shape index (κ2) is 9.18. The average Bonchev–Trinajstić information content (AvgIpc) is 2.71. The summed E-state index contributed by atoms with van der Waals surface area (Å²) in [6.07, 6.45) is 0.205. The predicted molar refractivity (Wildman–Crippen MR) is 122 cm³/mol. The number of esters is 2. The number of dihydropyridines is 1. The highest BCUT2D eigenvalue weighted by atomic mass is 16.5. The van der Waals surface area contributed by atoms with Gasteiger partial charge in [0, 0.05) is 42.7 Å². The number of hydrogen-bond donors (Lipinski definition) is 1. The number of ether oxygens (including phenoxy) is 2. The highest BCUT2D eigenvalue weighted by Crippen LogP contribution is 2.45. The van der Waals surface area contributed by atoms with Crippen molar-refractivity contribution in [3.05, 3.63) is 52.4 Å². The number of ketones is 1. The number of Topliss-reactive ketones (excluding diaryl/α,β-unsaturated/α-hetero) is 1. The van der Waals surface area contributed by atoms with E-state index in [2.05, 4.69) is 5.32 Å². The summed E-state index contributed by atoms with van der Waals surface area (Å²) in [7, 11) is 5.18. The van der Waals surface area contributed by atoms with E-state index in [1.165, 1.54) is 7.11 Å². The van der Waals surface area contributed by atoms with E-state index in [1.54, 1.807) is 13.8 Å². The van der Waals surface area contributed by atoms with Gasteiger partial charge in [-0.2, -0.15) is 0 Å². The van der Waals surface area contributed by atoms with Crippen LogP contribution in [0.2, 0.25) is 0 Å². The Labute approximate surface area is 189 Å². The molecule has 1 aliphatic carbocycles.